The van der Waals surface area contributed by atoms with E-state index in [2.05, 4.69) is 11.3 Å². The Morgan fingerprint density at radius 3 is 2.53 bits per heavy atom. The molecule has 0 amide bonds. The summed E-state index contributed by atoms with van der Waals surface area (Å²) >= 11 is 0. The Bertz CT molecular complexity index is 460. The van der Waals surface area contributed by atoms with Crippen LogP contribution in [0, 0.1) is 0 Å². The van der Waals surface area contributed by atoms with Crippen LogP contribution in [-0.4, -0.2) is 23.7 Å². The fourth-order valence-corrected chi connectivity index (χ4v) is 1.19. The lowest BCUT2D eigenvalue weighted by Gasteiger charge is -1.99. The summed E-state index contributed by atoms with van der Waals surface area (Å²) in [5, 5.41) is 8.32. The van der Waals surface area contributed by atoms with E-state index in [1.807, 2.05) is 24.3 Å². The van der Waals surface area contributed by atoms with Gasteiger partial charge in [-0.2, -0.15) is 0 Å². The van der Waals surface area contributed by atoms with Crippen molar-refractivity contribution in [1.29, 1.82) is 0 Å². The topological polar surface area (TPSA) is 63.6 Å². The van der Waals surface area contributed by atoms with Gasteiger partial charge in [0.15, 0.2) is 6.61 Å². The molecule has 1 N–H and O–H groups in total. The van der Waals surface area contributed by atoms with E-state index in [-0.39, 0.29) is 0 Å². The molecule has 0 fully saturated rings. The van der Waals surface area contributed by atoms with Crippen LogP contribution in [0.25, 0.3) is 12.2 Å². The molecule has 0 aliphatic heterocycles. The molecular weight excluding hydrogens is 220 g/mol. The Balaban J connectivity index is 2.67. The highest BCUT2D eigenvalue weighted by atomic mass is 16.5. The zero-order valence-corrected chi connectivity index (χ0v) is 9.13. The zero-order valence-electron chi connectivity index (χ0n) is 9.13. The number of carbonyl (C=O) groups is 2. The first kappa shape index (κ1) is 12.7. The highest BCUT2D eigenvalue weighted by Crippen LogP contribution is 2.11. The van der Waals surface area contributed by atoms with Crippen molar-refractivity contribution in [3.8, 4) is 0 Å². The molecule has 4 nitrogen and oxygen atoms in total. The van der Waals surface area contributed by atoms with Crippen LogP contribution in [0.1, 0.15) is 11.1 Å². The van der Waals surface area contributed by atoms with Crippen LogP contribution >= 0.6 is 0 Å². The predicted octanol–water partition coefficient (Wildman–Crippen LogP) is 1.97. The molecule has 0 aliphatic rings. The minimum Gasteiger partial charge on any atom is -0.479 e. The molecule has 0 saturated carbocycles. The van der Waals surface area contributed by atoms with Crippen molar-refractivity contribution >= 4 is 24.1 Å². The smallest absolute Gasteiger partial charge is 0.341 e. The third-order valence-corrected chi connectivity index (χ3v) is 1.95. The van der Waals surface area contributed by atoms with E-state index in [9.17, 15) is 9.59 Å². The number of aliphatic carboxylic acids is 1. The molecule has 88 valence electrons. The minimum absolute atomic E-state index is 0.633. The van der Waals surface area contributed by atoms with Crippen molar-refractivity contribution in [2.45, 2.75) is 0 Å². The fourth-order valence-electron chi connectivity index (χ4n) is 1.19. The molecule has 0 spiro atoms. The summed E-state index contributed by atoms with van der Waals surface area (Å²) in [5.41, 5.74) is 1.70. The normalized spacial score (nSPS) is 10.1. The van der Waals surface area contributed by atoms with Gasteiger partial charge in [-0.1, -0.05) is 36.9 Å². The molecule has 0 aliphatic carbocycles. The number of carboxylic acid groups (broad SMARTS) is 1. The molecule has 17 heavy (non-hydrogen) atoms. The van der Waals surface area contributed by atoms with Crippen LogP contribution in [0.3, 0.4) is 0 Å². The standard InChI is InChI=1S/C13H12O4/c1-2-10-5-3-4-6-11(10)7-8-13(16)17-9-12(14)15/h2-8H,1,9H2,(H,14,15)/b8-7+. The number of benzene rings is 1. The second-order valence-electron chi connectivity index (χ2n) is 3.17. The van der Waals surface area contributed by atoms with E-state index >= 15 is 0 Å². The number of esters is 1. The Hall–Kier alpha value is -2.36. The van der Waals surface area contributed by atoms with Crippen molar-refractivity contribution in [2.75, 3.05) is 6.61 Å². The summed E-state index contributed by atoms with van der Waals surface area (Å²) in [6.45, 7) is 3.02. The van der Waals surface area contributed by atoms with E-state index in [1.165, 1.54) is 6.08 Å². The molecule has 0 heterocycles. The molecule has 0 saturated heterocycles. The van der Waals surface area contributed by atoms with E-state index < -0.39 is 18.5 Å². The Labute approximate surface area is 98.8 Å². The molecule has 0 radical (unpaired) electrons. The van der Waals surface area contributed by atoms with Gasteiger partial charge >= 0.3 is 11.9 Å². The van der Waals surface area contributed by atoms with Gasteiger partial charge in [-0.15, -0.1) is 0 Å². The number of hydrogen-bond donors (Lipinski definition) is 1. The first-order valence-corrected chi connectivity index (χ1v) is 4.91. The molecule has 1 aromatic rings. The summed E-state index contributed by atoms with van der Waals surface area (Å²) < 4.78 is 4.45. The maximum atomic E-state index is 11.1. The van der Waals surface area contributed by atoms with E-state index in [0.717, 1.165) is 11.1 Å². The third-order valence-electron chi connectivity index (χ3n) is 1.95. The Morgan fingerprint density at radius 2 is 1.94 bits per heavy atom. The van der Waals surface area contributed by atoms with Crippen molar-refractivity contribution in [3.63, 3.8) is 0 Å². The lowest BCUT2D eigenvalue weighted by atomic mass is 10.1. The van der Waals surface area contributed by atoms with E-state index in [1.54, 1.807) is 12.2 Å². The molecule has 0 atom stereocenters. The predicted molar refractivity (Wildman–Crippen MR) is 64.2 cm³/mol. The van der Waals surface area contributed by atoms with Crippen molar-refractivity contribution < 1.29 is 19.4 Å². The third kappa shape index (κ3) is 4.34. The van der Waals surface area contributed by atoms with Gasteiger partial charge < -0.3 is 9.84 Å². The Kier molecular flexibility index (Phi) is 4.69. The van der Waals surface area contributed by atoms with Gasteiger partial charge in [0.2, 0.25) is 0 Å². The Morgan fingerprint density at radius 1 is 1.29 bits per heavy atom. The molecule has 0 unspecified atom stereocenters. The van der Waals surface area contributed by atoms with Gasteiger partial charge in [0.1, 0.15) is 0 Å². The number of rotatable bonds is 5. The van der Waals surface area contributed by atoms with Crippen LogP contribution in [0.4, 0.5) is 0 Å². The van der Waals surface area contributed by atoms with Crippen molar-refractivity contribution in [3.05, 3.63) is 48.0 Å². The monoisotopic (exact) mass is 232 g/mol. The summed E-state index contributed by atoms with van der Waals surface area (Å²) in [6, 6.07) is 7.36. The highest BCUT2D eigenvalue weighted by molar-refractivity contribution is 5.89. The first-order valence-electron chi connectivity index (χ1n) is 4.91. The SMILES string of the molecule is C=Cc1ccccc1/C=C/C(=O)OCC(=O)O. The lowest BCUT2D eigenvalue weighted by Crippen LogP contribution is -2.10. The average Bonchev–Trinajstić information content (AvgIpc) is 2.34. The molecule has 0 aromatic heterocycles. The van der Waals surface area contributed by atoms with Gasteiger partial charge in [0.25, 0.3) is 0 Å². The molecule has 1 aromatic carbocycles. The molecule has 4 heteroatoms. The van der Waals surface area contributed by atoms with Gasteiger partial charge in [-0.05, 0) is 17.2 Å². The molecular formula is C13H12O4. The van der Waals surface area contributed by atoms with Gasteiger partial charge in [-0.25, -0.2) is 9.59 Å². The lowest BCUT2D eigenvalue weighted by molar-refractivity contribution is -0.151. The number of carbonyl (C=O) groups excluding carboxylic acids is 1. The molecule has 0 bridgehead atoms. The number of hydrogen-bond acceptors (Lipinski definition) is 3. The summed E-state index contributed by atoms with van der Waals surface area (Å²) in [4.78, 5) is 21.3. The summed E-state index contributed by atoms with van der Waals surface area (Å²) in [7, 11) is 0. The maximum Gasteiger partial charge on any atom is 0.341 e. The molecule has 1 rings (SSSR count). The van der Waals surface area contributed by atoms with Crippen molar-refractivity contribution in [2.24, 2.45) is 0 Å². The highest BCUT2D eigenvalue weighted by Gasteiger charge is 2.01. The first-order chi connectivity index (χ1) is 8.13. The summed E-state index contributed by atoms with van der Waals surface area (Å²) in [6.07, 6.45) is 4.41. The van der Waals surface area contributed by atoms with Gasteiger partial charge in [0.05, 0.1) is 0 Å². The zero-order chi connectivity index (χ0) is 12.7. The second-order valence-corrected chi connectivity index (χ2v) is 3.17. The summed E-state index contributed by atoms with van der Waals surface area (Å²) in [5.74, 6) is -1.87. The van der Waals surface area contributed by atoms with E-state index in [0.29, 0.717) is 0 Å². The average molecular weight is 232 g/mol. The van der Waals surface area contributed by atoms with Crippen LogP contribution in [0.2, 0.25) is 0 Å². The van der Waals surface area contributed by atoms with Gasteiger partial charge in [0, 0.05) is 6.08 Å². The number of ether oxygens (including phenoxy) is 1. The van der Waals surface area contributed by atoms with Gasteiger partial charge in [-0.3, -0.25) is 0 Å². The van der Waals surface area contributed by atoms with Crippen molar-refractivity contribution in [1.82, 2.24) is 0 Å². The minimum atomic E-state index is -1.18. The maximum absolute atomic E-state index is 11.1. The van der Waals surface area contributed by atoms with Crippen LogP contribution in [-0.2, 0) is 14.3 Å². The number of carboxylic acids is 1. The fraction of sp³-hybridized carbons (Fsp3) is 0.0769. The largest absolute Gasteiger partial charge is 0.479 e. The second kappa shape index (κ2) is 6.27. The van der Waals surface area contributed by atoms with Crippen LogP contribution in [0.15, 0.2) is 36.9 Å². The van der Waals surface area contributed by atoms with Crippen LogP contribution < -0.4 is 0 Å². The quantitative estimate of drug-likeness (QED) is 0.622. The van der Waals surface area contributed by atoms with E-state index in [4.69, 9.17) is 5.11 Å². The van der Waals surface area contributed by atoms with Crippen LogP contribution in [0.5, 0.6) is 0 Å².